The second kappa shape index (κ2) is 10.3. The number of para-hydroxylation sites is 2. The van der Waals surface area contributed by atoms with E-state index in [9.17, 15) is 0 Å². The van der Waals surface area contributed by atoms with E-state index in [4.69, 9.17) is 9.10 Å². The van der Waals surface area contributed by atoms with Gasteiger partial charge in [-0.2, -0.15) is 0 Å². The summed E-state index contributed by atoms with van der Waals surface area (Å²) in [6.45, 7) is 8.95. The molecule has 0 atom stereocenters. The zero-order chi connectivity index (χ0) is 31.6. The Bertz CT molecular complexity index is 2190. The Balaban J connectivity index is 1.57. The summed E-state index contributed by atoms with van der Waals surface area (Å²) in [4.78, 5) is 5.32. The molecule has 0 amide bonds. The Morgan fingerprint density at radius 3 is 2.19 bits per heavy atom. The van der Waals surface area contributed by atoms with Crippen molar-refractivity contribution in [1.29, 1.82) is 0 Å². The summed E-state index contributed by atoms with van der Waals surface area (Å²) in [7, 11) is 0. The Morgan fingerprint density at radius 2 is 1.48 bits per heavy atom. The molecule has 0 saturated heterocycles. The summed E-state index contributed by atoms with van der Waals surface area (Å²) in [5.74, 6) is 1.45. The second-order valence-corrected chi connectivity index (χ2v) is 12.9. The molecular weight excluding hydrogens is 529 g/mol. The molecule has 0 spiro atoms. The van der Waals surface area contributed by atoms with Crippen molar-refractivity contribution in [1.82, 2.24) is 9.55 Å². The van der Waals surface area contributed by atoms with Crippen molar-refractivity contribution in [3.63, 3.8) is 0 Å². The van der Waals surface area contributed by atoms with Gasteiger partial charge in [0.1, 0.15) is 5.82 Å². The van der Waals surface area contributed by atoms with Crippen LogP contribution in [0, 0.1) is 13.8 Å². The van der Waals surface area contributed by atoms with E-state index >= 15 is 0 Å². The van der Waals surface area contributed by atoms with Crippen LogP contribution in [0.15, 0.2) is 97.1 Å². The molecule has 0 saturated carbocycles. The van der Waals surface area contributed by atoms with Crippen LogP contribution < -0.4 is 0 Å². The van der Waals surface area contributed by atoms with E-state index in [1.165, 1.54) is 27.9 Å². The lowest BCUT2D eigenvalue weighted by Crippen LogP contribution is -2.09. The zero-order valence-corrected chi connectivity index (χ0v) is 25.5. The number of aryl methyl sites for hydroxylation is 2. The summed E-state index contributed by atoms with van der Waals surface area (Å²) in [5, 5.41) is 2.25. The highest BCUT2D eigenvalue weighted by Gasteiger charge is 2.25. The first-order valence-electron chi connectivity index (χ1n) is 16.2. The van der Waals surface area contributed by atoms with Crippen LogP contribution in [0.3, 0.4) is 0 Å². The minimum atomic E-state index is -2.15. The maximum Gasteiger partial charge on any atom is 0.147 e. The molecule has 7 rings (SSSR count). The topological polar surface area (TPSA) is 17.8 Å². The minimum Gasteiger partial charge on any atom is -0.292 e. The van der Waals surface area contributed by atoms with E-state index in [1.54, 1.807) is 11.3 Å². The molecule has 0 aliphatic carbocycles. The van der Waals surface area contributed by atoms with Gasteiger partial charge in [0.05, 0.1) is 16.7 Å². The molecule has 0 radical (unpaired) electrons. The molecule has 0 fully saturated rings. The molecule has 7 aromatic rings. The quantitative estimate of drug-likeness (QED) is 0.202. The van der Waals surface area contributed by atoms with Crippen LogP contribution in [0.5, 0.6) is 0 Å². The molecule has 0 aliphatic heterocycles. The van der Waals surface area contributed by atoms with E-state index in [2.05, 4.69) is 111 Å². The van der Waals surface area contributed by atoms with Crippen molar-refractivity contribution in [2.45, 2.75) is 53.3 Å². The number of thiophene rings is 1. The normalized spacial score (nSPS) is 13.4. The third-order valence-corrected chi connectivity index (χ3v) is 9.53. The van der Waals surface area contributed by atoms with E-state index in [-0.39, 0.29) is 11.8 Å². The Hall–Kier alpha value is -4.21. The average Bonchev–Trinajstić information content (AvgIpc) is 3.59. The van der Waals surface area contributed by atoms with Gasteiger partial charge in [-0.25, -0.2) is 4.98 Å². The van der Waals surface area contributed by atoms with Crippen molar-refractivity contribution in [3.05, 3.63) is 119 Å². The molecule has 5 aromatic carbocycles. The van der Waals surface area contributed by atoms with E-state index in [1.807, 2.05) is 25.1 Å². The number of benzene rings is 5. The fraction of sp³-hybridized carbons (Fsp3) is 0.205. The molecule has 0 unspecified atom stereocenters. The molecule has 208 valence electrons. The maximum absolute atomic E-state index is 8.05. The fourth-order valence-electron chi connectivity index (χ4n) is 6.36. The first-order valence-corrected chi connectivity index (χ1v) is 15.5. The summed E-state index contributed by atoms with van der Waals surface area (Å²) in [6.07, 6.45) is 0. The van der Waals surface area contributed by atoms with Crippen LogP contribution in [0.25, 0.3) is 59.4 Å². The Kier molecular flexibility index (Phi) is 5.70. The smallest absolute Gasteiger partial charge is 0.147 e. The second-order valence-electron chi connectivity index (χ2n) is 11.9. The number of hydrogen-bond donors (Lipinski definition) is 0. The molecule has 2 heterocycles. The van der Waals surface area contributed by atoms with Crippen LogP contribution in [0.1, 0.15) is 65.9 Å². The third kappa shape index (κ3) is 4.26. The lowest BCUT2D eigenvalue weighted by molar-refractivity contribution is 0.812. The van der Waals surface area contributed by atoms with Crippen LogP contribution in [-0.2, 0) is 0 Å². The van der Waals surface area contributed by atoms with Crippen molar-refractivity contribution < 1.29 is 4.11 Å². The molecule has 0 aliphatic rings. The monoisotopic (exact) mass is 567 g/mol. The highest BCUT2D eigenvalue weighted by atomic mass is 32.1. The summed E-state index contributed by atoms with van der Waals surface area (Å²) in [5.41, 5.74) is 10.6. The Labute approximate surface area is 256 Å². The van der Waals surface area contributed by atoms with Crippen LogP contribution >= 0.6 is 11.3 Å². The number of imidazole rings is 1. The fourth-order valence-corrected chi connectivity index (χ4v) is 7.69. The molecule has 2 aromatic heterocycles. The summed E-state index contributed by atoms with van der Waals surface area (Å²) >= 11 is 1.66. The molecule has 2 nitrogen and oxygen atoms in total. The van der Waals surface area contributed by atoms with Crippen LogP contribution in [-0.4, -0.2) is 9.55 Å². The molecule has 3 heteroatoms. The van der Waals surface area contributed by atoms with E-state index in [0.29, 0.717) is 5.56 Å². The lowest BCUT2D eigenvalue weighted by atomic mass is 9.88. The largest absolute Gasteiger partial charge is 0.292 e. The number of aromatic nitrogens is 2. The third-order valence-electron chi connectivity index (χ3n) is 8.34. The summed E-state index contributed by atoms with van der Waals surface area (Å²) in [6, 6.07) is 33.9. The van der Waals surface area contributed by atoms with Crippen molar-refractivity contribution in [2.24, 2.45) is 0 Å². The van der Waals surface area contributed by atoms with Gasteiger partial charge < -0.3 is 0 Å². The first kappa shape index (κ1) is 23.4. The van der Waals surface area contributed by atoms with Crippen molar-refractivity contribution in [2.75, 3.05) is 0 Å². The van der Waals surface area contributed by atoms with E-state index in [0.717, 1.165) is 48.2 Å². The van der Waals surface area contributed by atoms with Crippen LogP contribution in [0.4, 0.5) is 0 Å². The SMILES string of the molecule is [2H]C([2H])([2H])c1cc(C)c2c(c1)sc1c(-c3nc4ccccc4n3-c3c(C(C)C)cc(-c4ccccc4)cc3C(C)C)cccc12. The Morgan fingerprint density at radius 1 is 0.762 bits per heavy atom. The van der Waals surface area contributed by atoms with Gasteiger partial charge in [-0.15, -0.1) is 11.3 Å². The van der Waals surface area contributed by atoms with Crippen molar-refractivity contribution in [3.8, 4) is 28.2 Å². The molecule has 0 N–H and O–H groups in total. The number of fused-ring (bicyclic) bond motifs is 4. The minimum absolute atomic E-state index is 0.274. The number of hydrogen-bond acceptors (Lipinski definition) is 2. The first-order chi connectivity index (χ1) is 21.5. The van der Waals surface area contributed by atoms with Crippen molar-refractivity contribution >= 4 is 42.5 Å². The standard InChI is InChI=1S/C39H36N2S/c1-23(2)31-21-28(27-13-8-7-9-14-27)22-32(24(3)4)37(31)41-34-18-11-10-17-33(34)40-39(41)30-16-12-15-29-36-26(6)19-25(5)20-35(36)42-38(29)30/h7-24H,1-6H3/i5D3. The van der Waals surface area contributed by atoms with Gasteiger partial charge in [-0.1, -0.05) is 88.4 Å². The zero-order valence-electron chi connectivity index (χ0n) is 27.7. The average molecular weight is 568 g/mol. The van der Waals surface area contributed by atoms with Gasteiger partial charge in [0.2, 0.25) is 0 Å². The predicted molar refractivity (Wildman–Crippen MR) is 182 cm³/mol. The van der Waals surface area contributed by atoms with E-state index < -0.39 is 6.85 Å². The van der Waals surface area contributed by atoms with Gasteiger partial charge in [0.15, 0.2) is 0 Å². The highest BCUT2D eigenvalue weighted by molar-refractivity contribution is 7.26. The molecular formula is C39H36N2S. The van der Waals surface area contributed by atoms with Gasteiger partial charge in [0, 0.05) is 29.8 Å². The number of nitrogens with zero attached hydrogens (tertiary/aromatic N) is 2. The maximum atomic E-state index is 8.05. The van der Waals surface area contributed by atoms with Gasteiger partial charge in [-0.3, -0.25) is 4.57 Å². The highest BCUT2D eigenvalue weighted by Crippen LogP contribution is 2.44. The lowest BCUT2D eigenvalue weighted by Gasteiger charge is -2.24. The van der Waals surface area contributed by atoms with Gasteiger partial charge in [-0.05, 0) is 95.4 Å². The molecule has 0 bridgehead atoms. The van der Waals surface area contributed by atoms with Gasteiger partial charge in [0.25, 0.3) is 0 Å². The molecule has 42 heavy (non-hydrogen) atoms. The van der Waals surface area contributed by atoms with Crippen LogP contribution in [0.2, 0.25) is 0 Å². The predicted octanol–water partition coefficient (Wildman–Crippen LogP) is 11.6. The summed E-state index contributed by atoms with van der Waals surface area (Å²) < 4.78 is 28.6. The van der Waals surface area contributed by atoms with Gasteiger partial charge >= 0.3 is 0 Å². The number of rotatable bonds is 5.